The Balaban J connectivity index is 2.90. The third-order valence-corrected chi connectivity index (χ3v) is 1.75. The highest BCUT2D eigenvalue weighted by Crippen LogP contribution is 2.03. The van der Waals surface area contributed by atoms with Gasteiger partial charge in [0.25, 0.3) is 0 Å². The highest BCUT2D eigenvalue weighted by Gasteiger charge is 2.01. The summed E-state index contributed by atoms with van der Waals surface area (Å²) in [6, 6.07) is 0. The molecule has 0 amide bonds. The highest BCUT2D eigenvalue weighted by molar-refractivity contribution is 6.00. The lowest BCUT2D eigenvalue weighted by atomic mass is 10.2. The van der Waals surface area contributed by atoms with Gasteiger partial charge in [-0.1, -0.05) is 13.0 Å². The molecule has 0 atom stereocenters. The van der Waals surface area contributed by atoms with Gasteiger partial charge in [-0.05, 0) is 13.3 Å². The fourth-order valence-electron chi connectivity index (χ4n) is 1.10. The summed E-state index contributed by atoms with van der Waals surface area (Å²) in [5.74, 6) is 0. The van der Waals surface area contributed by atoms with Crippen LogP contribution in [0.3, 0.4) is 0 Å². The van der Waals surface area contributed by atoms with Gasteiger partial charge in [-0.2, -0.15) is 5.10 Å². The summed E-state index contributed by atoms with van der Waals surface area (Å²) in [4.78, 5) is 4.33. The molecule has 3 heteroatoms. The van der Waals surface area contributed by atoms with E-state index >= 15 is 0 Å². The van der Waals surface area contributed by atoms with E-state index in [4.69, 9.17) is 0 Å². The van der Waals surface area contributed by atoms with Gasteiger partial charge >= 0.3 is 0 Å². The van der Waals surface area contributed by atoms with Gasteiger partial charge in [0.05, 0.1) is 11.9 Å². The molecule has 1 aromatic rings. The molecule has 0 unspecified atom stereocenters. The van der Waals surface area contributed by atoms with Gasteiger partial charge in [-0.3, -0.25) is 9.67 Å². The smallest absolute Gasteiger partial charge is 0.0580 e. The molecular weight excluding hydrogens is 162 g/mol. The maximum absolute atomic E-state index is 4.33. The third-order valence-electron chi connectivity index (χ3n) is 1.75. The molecular formula is C10H15N3. The summed E-state index contributed by atoms with van der Waals surface area (Å²) in [7, 11) is 1.91. The fourth-order valence-corrected chi connectivity index (χ4v) is 1.10. The summed E-state index contributed by atoms with van der Waals surface area (Å²) >= 11 is 0. The SMILES string of the molecule is C/C=C\N=C(/CC)c1cnn(C)c1. The highest BCUT2D eigenvalue weighted by atomic mass is 15.2. The van der Waals surface area contributed by atoms with E-state index in [2.05, 4.69) is 17.0 Å². The first-order valence-corrected chi connectivity index (χ1v) is 4.44. The van der Waals surface area contributed by atoms with Crippen molar-refractivity contribution in [2.45, 2.75) is 20.3 Å². The lowest BCUT2D eigenvalue weighted by Gasteiger charge is -1.96. The van der Waals surface area contributed by atoms with Crippen molar-refractivity contribution >= 4 is 5.71 Å². The number of nitrogens with zero attached hydrogens (tertiary/aromatic N) is 3. The number of hydrogen-bond acceptors (Lipinski definition) is 2. The predicted octanol–water partition coefficient (Wildman–Crippen LogP) is 2.15. The van der Waals surface area contributed by atoms with Crippen molar-refractivity contribution in [1.82, 2.24) is 9.78 Å². The van der Waals surface area contributed by atoms with Crippen LogP contribution in [0.2, 0.25) is 0 Å². The van der Waals surface area contributed by atoms with E-state index in [9.17, 15) is 0 Å². The van der Waals surface area contributed by atoms with Crippen molar-refractivity contribution in [1.29, 1.82) is 0 Å². The molecule has 1 aromatic heterocycles. The van der Waals surface area contributed by atoms with Crippen molar-refractivity contribution in [2.75, 3.05) is 0 Å². The second-order valence-corrected chi connectivity index (χ2v) is 2.81. The molecule has 0 bridgehead atoms. The van der Waals surface area contributed by atoms with Gasteiger partial charge < -0.3 is 0 Å². The van der Waals surface area contributed by atoms with Gasteiger partial charge in [-0.25, -0.2) is 0 Å². The first-order chi connectivity index (χ1) is 6.27. The lowest BCUT2D eigenvalue weighted by Crippen LogP contribution is -1.96. The minimum absolute atomic E-state index is 0.927. The van der Waals surface area contributed by atoms with Crippen LogP contribution in [0.1, 0.15) is 25.8 Å². The molecule has 1 rings (SSSR count). The van der Waals surface area contributed by atoms with Crippen molar-refractivity contribution in [3.63, 3.8) is 0 Å². The van der Waals surface area contributed by atoms with Crippen LogP contribution in [-0.2, 0) is 7.05 Å². The number of aromatic nitrogens is 2. The summed E-state index contributed by atoms with van der Waals surface area (Å²) in [6.07, 6.45) is 8.48. The quantitative estimate of drug-likeness (QED) is 0.651. The van der Waals surface area contributed by atoms with Gasteiger partial charge in [0.2, 0.25) is 0 Å². The second kappa shape index (κ2) is 4.60. The van der Waals surface area contributed by atoms with E-state index in [0.29, 0.717) is 0 Å². The van der Waals surface area contributed by atoms with E-state index < -0.39 is 0 Å². The second-order valence-electron chi connectivity index (χ2n) is 2.81. The van der Waals surface area contributed by atoms with Crippen LogP contribution in [-0.4, -0.2) is 15.5 Å². The van der Waals surface area contributed by atoms with Gasteiger partial charge in [-0.15, -0.1) is 0 Å². The third kappa shape index (κ3) is 2.54. The minimum Gasteiger partial charge on any atom is -0.275 e. The Labute approximate surface area is 78.8 Å². The Morgan fingerprint density at radius 2 is 2.46 bits per heavy atom. The number of aliphatic imine (C=N–C) groups is 1. The molecule has 0 aliphatic heterocycles. The average Bonchev–Trinajstić information content (AvgIpc) is 2.54. The van der Waals surface area contributed by atoms with Crippen molar-refractivity contribution < 1.29 is 0 Å². The molecule has 0 aliphatic rings. The molecule has 0 radical (unpaired) electrons. The van der Waals surface area contributed by atoms with Crippen LogP contribution in [0.25, 0.3) is 0 Å². The van der Waals surface area contributed by atoms with Gasteiger partial charge in [0, 0.05) is 25.0 Å². The molecule has 0 spiro atoms. The summed E-state index contributed by atoms with van der Waals surface area (Å²) in [5.41, 5.74) is 2.18. The number of rotatable bonds is 3. The van der Waals surface area contributed by atoms with Crippen LogP contribution < -0.4 is 0 Å². The maximum atomic E-state index is 4.33. The van der Waals surface area contributed by atoms with E-state index in [1.165, 1.54) is 0 Å². The Morgan fingerprint density at radius 1 is 1.69 bits per heavy atom. The Kier molecular flexibility index (Phi) is 3.43. The molecule has 3 nitrogen and oxygen atoms in total. The van der Waals surface area contributed by atoms with E-state index in [-0.39, 0.29) is 0 Å². The van der Waals surface area contributed by atoms with Crippen molar-refractivity contribution in [3.8, 4) is 0 Å². The number of aryl methyl sites for hydroxylation is 1. The van der Waals surface area contributed by atoms with E-state index in [0.717, 1.165) is 17.7 Å². The fraction of sp³-hybridized carbons (Fsp3) is 0.400. The standard InChI is InChI=1S/C10H15N3/c1-4-6-11-10(5-2)9-7-12-13(3)8-9/h4,6-8H,5H2,1-3H3/b6-4-,11-10+. The molecule has 0 saturated heterocycles. The first-order valence-electron chi connectivity index (χ1n) is 4.44. The maximum Gasteiger partial charge on any atom is 0.0580 e. The molecule has 13 heavy (non-hydrogen) atoms. The molecule has 0 aliphatic carbocycles. The first kappa shape index (κ1) is 9.71. The predicted molar refractivity (Wildman–Crippen MR) is 54.9 cm³/mol. The largest absolute Gasteiger partial charge is 0.275 e. The minimum atomic E-state index is 0.927. The summed E-state index contributed by atoms with van der Waals surface area (Å²) < 4.78 is 1.79. The number of hydrogen-bond donors (Lipinski definition) is 0. The van der Waals surface area contributed by atoms with Crippen molar-refractivity contribution in [3.05, 3.63) is 30.2 Å². The molecule has 0 fully saturated rings. The van der Waals surface area contributed by atoms with Gasteiger partial charge in [0.15, 0.2) is 0 Å². The number of allylic oxidation sites excluding steroid dienone is 1. The van der Waals surface area contributed by atoms with E-state index in [1.54, 1.807) is 4.68 Å². The zero-order chi connectivity index (χ0) is 9.68. The van der Waals surface area contributed by atoms with Crippen molar-refractivity contribution in [2.24, 2.45) is 12.0 Å². The Morgan fingerprint density at radius 3 is 2.92 bits per heavy atom. The Hall–Kier alpha value is -1.38. The van der Waals surface area contributed by atoms with Crippen LogP contribution in [0.4, 0.5) is 0 Å². The molecule has 1 heterocycles. The van der Waals surface area contributed by atoms with Crippen LogP contribution in [0.5, 0.6) is 0 Å². The average molecular weight is 177 g/mol. The topological polar surface area (TPSA) is 30.2 Å². The molecule has 0 N–H and O–H groups in total. The lowest BCUT2D eigenvalue weighted by molar-refractivity contribution is 0.767. The molecule has 0 aromatic carbocycles. The van der Waals surface area contributed by atoms with Crippen LogP contribution in [0.15, 0.2) is 29.7 Å². The zero-order valence-electron chi connectivity index (χ0n) is 8.36. The molecule has 70 valence electrons. The zero-order valence-corrected chi connectivity index (χ0v) is 8.36. The molecule has 0 saturated carbocycles. The Bertz CT molecular complexity index is 321. The van der Waals surface area contributed by atoms with E-state index in [1.807, 2.05) is 38.6 Å². The van der Waals surface area contributed by atoms with Gasteiger partial charge in [0.1, 0.15) is 0 Å². The monoisotopic (exact) mass is 177 g/mol. The summed E-state index contributed by atoms with van der Waals surface area (Å²) in [5, 5.41) is 4.11. The summed E-state index contributed by atoms with van der Waals surface area (Å²) in [6.45, 7) is 4.05. The normalized spacial score (nSPS) is 12.7. The van der Waals surface area contributed by atoms with Crippen LogP contribution >= 0.6 is 0 Å². The van der Waals surface area contributed by atoms with Crippen LogP contribution in [0, 0.1) is 0 Å².